The molecule has 9 nitrogen and oxygen atoms in total. The van der Waals surface area contributed by atoms with Crippen molar-refractivity contribution in [2.24, 2.45) is 17.8 Å². The van der Waals surface area contributed by atoms with Gasteiger partial charge in [-0.05, 0) is 34.2 Å². The molecule has 1 aromatic carbocycles. The van der Waals surface area contributed by atoms with Crippen molar-refractivity contribution in [2.75, 3.05) is 19.8 Å². The van der Waals surface area contributed by atoms with E-state index in [-0.39, 0.29) is 43.9 Å². The average Bonchev–Trinajstić information content (AvgIpc) is 3.10. The summed E-state index contributed by atoms with van der Waals surface area (Å²) in [5, 5.41) is 9.53. The molecule has 0 aliphatic carbocycles. The lowest BCUT2D eigenvalue weighted by Crippen LogP contribution is -2.63. The van der Waals surface area contributed by atoms with Crippen molar-refractivity contribution in [1.82, 2.24) is 4.90 Å². The number of hydrogen-bond donors (Lipinski definition) is 1. The summed E-state index contributed by atoms with van der Waals surface area (Å²) in [6, 6.07) is 4.89. The van der Waals surface area contributed by atoms with Crippen molar-refractivity contribution in [1.29, 1.82) is 0 Å². The maximum atomic E-state index is 13.1. The first-order chi connectivity index (χ1) is 16.8. The SMILES string of the molecule is C=CCOOC(=O)C(C)C1C(=O)N2C(C(=O)OCC=C)=C(COc3cccc(CO)c3I)[C@H](C)C12. The number of ether oxygens (including phenoxy) is 2. The Kier molecular flexibility index (Phi) is 9.09. The Morgan fingerprint density at radius 2 is 1.97 bits per heavy atom. The molecule has 2 heterocycles. The molecule has 2 aliphatic rings. The fourth-order valence-electron chi connectivity index (χ4n) is 4.35. The van der Waals surface area contributed by atoms with Gasteiger partial charge in [-0.2, -0.15) is 4.89 Å². The van der Waals surface area contributed by atoms with Gasteiger partial charge >= 0.3 is 11.9 Å². The normalized spacial score (nSPS) is 21.7. The fourth-order valence-corrected chi connectivity index (χ4v) is 5.04. The molecule has 1 aromatic rings. The maximum Gasteiger partial charge on any atom is 0.355 e. The van der Waals surface area contributed by atoms with Crippen LogP contribution < -0.4 is 4.74 Å². The maximum absolute atomic E-state index is 13.1. The summed E-state index contributed by atoms with van der Waals surface area (Å²) in [7, 11) is 0. The van der Waals surface area contributed by atoms with Crippen LogP contribution in [0.4, 0.5) is 0 Å². The number of benzene rings is 1. The van der Waals surface area contributed by atoms with Gasteiger partial charge in [-0.3, -0.25) is 9.68 Å². The first kappa shape index (κ1) is 26.9. The Hall–Kier alpha value is -2.70. The Labute approximate surface area is 217 Å². The highest BCUT2D eigenvalue weighted by Gasteiger charge is 2.61. The number of amides is 1. The Balaban J connectivity index is 1.85. The third-order valence-corrected chi connectivity index (χ3v) is 7.38. The van der Waals surface area contributed by atoms with Crippen molar-refractivity contribution >= 4 is 40.4 Å². The van der Waals surface area contributed by atoms with E-state index in [1.807, 2.05) is 6.92 Å². The molecule has 0 radical (unpaired) electrons. The lowest BCUT2D eigenvalue weighted by molar-refractivity contribution is -0.271. The predicted molar refractivity (Wildman–Crippen MR) is 133 cm³/mol. The quantitative estimate of drug-likeness (QED) is 0.0745. The molecule has 0 saturated carbocycles. The van der Waals surface area contributed by atoms with Gasteiger partial charge in [0.2, 0.25) is 5.91 Å². The van der Waals surface area contributed by atoms with Crippen LogP contribution in [0.15, 0.2) is 54.8 Å². The van der Waals surface area contributed by atoms with E-state index in [9.17, 15) is 19.5 Å². The van der Waals surface area contributed by atoms with Crippen LogP contribution in [0.2, 0.25) is 0 Å². The van der Waals surface area contributed by atoms with Crippen LogP contribution in [0.25, 0.3) is 0 Å². The number of nitrogens with zero attached hydrogens (tertiary/aromatic N) is 1. The zero-order valence-corrected chi connectivity index (χ0v) is 21.7. The number of halogens is 1. The van der Waals surface area contributed by atoms with Crippen LogP contribution in [0.5, 0.6) is 5.75 Å². The molecule has 1 amide bonds. The van der Waals surface area contributed by atoms with E-state index in [1.54, 1.807) is 25.1 Å². The molecular weight excluding hydrogens is 569 g/mol. The van der Waals surface area contributed by atoms with E-state index in [4.69, 9.17) is 19.2 Å². The summed E-state index contributed by atoms with van der Waals surface area (Å²) in [6.45, 7) is 10.4. The summed E-state index contributed by atoms with van der Waals surface area (Å²) in [5.74, 6) is -2.92. The van der Waals surface area contributed by atoms with Crippen molar-refractivity contribution in [3.8, 4) is 5.75 Å². The van der Waals surface area contributed by atoms with Crippen molar-refractivity contribution < 1.29 is 38.7 Å². The smallest absolute Gasteiger partial charge is 0.355 e. The molecule has 0 spiro atoms. The molecule has 1 N–H and O–H groups in total. The molecule has 0 aromatic heterocycles. The number of rotatable bonds is 12. The minimum absolute atomic E-state index is 0.0131. The minimum atomic E-state index is -0.788. The second-order valence-corrected chi connectivity index (χ2v) is 9.29. The molecule has 1 fully saturated rings. The number of β-lactam (4-membered cyclic amide) rings is 1. The van der Waals surface area contributed by atoms with Gasteiger partial charge < -0.3 is 19.5 Å². The summed E-state index contributed by atoms with van der Waals surface area (Å²) in [6.07, 6.45) is 2.87. The lowest BCUT2D eigenvalue weighted by atomic mass is 9.74. The molecule has 10 heteroatoms. The zero-order chi connectivity index (χ0) is 25.7. The van der Waals surface area contributed by atoms with Crippen molar-refractivity contribution in [3.05, 3.63) is 63.9 Å². The molecule has 4 atom stereocenters. The first-order valence-corrected chi connectivity index (χ1v) is 12.2. The number of aliphatic hydroxyl groups excluding tert-OH is 1. The molecule has 3 unspecified atom stereocenters. The highest BCUT2D eigenvalue weighted by molar-refractivity contribution is 14.1. The highest BCUT2D eigenvalue weighted by atomic mass is 127. The third-order valence-electron chi connectivity index (χ3n) is 6.16. The number of carbonyl (C=O) groups is 3. The fraction of sp³-hybridized carbons (Fsp3) is 0.400. The Morgan fingerprint density at radius 3 is 2.63 bits per heavy atom. The van der Waals surface area contributed by atoms with E-state index in [0.29, 0.717) is 16.9 Å². The van der Waals surface area contributed by atoms with E-state index in [1.165, 1.54) is 17.1 Å². The predicted octanol–water partition coefficient (Wildman–Crippen LogP) is 2.92. The molecule has 2 aliphatic heterocycles. The van der Waals surface area contributed by atoms with E-state index in [0.717, 1.165) is 3.57 Å². The van der Waals surface area contributed by atoms with Crippen molar-refractivity contribution in [3.63, 3.8) is 0 Å². The minimum Gasteiger partial charge on any atom is -0.488 e. The summed E-state index contributed by atoms with van der Waals surface area (Å²) in [4.78, 5) is 49.4. The standard InChI is InChI=1S/C25H28INO8/c1-5-10-32-25(31)22-17(13-33-18-9-7-8-16(12-28)20(18)26)14(3)21-19(23(29)27(21)22)15(4)24(30)35-34-11-6-2/h5-9,14-15,19,21,28H,1-2,10-13H2,3-4H3/t14-,15?,19?,21?/m0/s1. The summed E-state index contributed by atoms with van der Waals surface area (Å²) < 4.78 is 12.0. The topological polar surface area (TPSA) is 112 Å². The highest BCUT2D eigenvalue weighted by Crippen LogP contribution is 2.49. The van der Waals surface area contributed by atoms with Gasteiger partial charge in [-0.25, -0.2) is 9.59 Å². The second-order valence-electron chi connectivity index (χ2n) is 8.21. The lowest BCUT2D eigenvalue weighted by Gasteiger charge is -2.47. The number of aliphatic hydroxyl groups is 1. The monoisotopic (exact) mass is 597 g/mol. The second kappa shape index (κ2) is 11.8. The molecule has 3 rings (SSSR count). The van der Waals surface area contributed by atoms with Gasteiger partial charge in [0.1, 0.15) is 31.3 Å². The Bertz CT molecular complexity index is 1050. The van der Waals surface area contributed by atoms with Crippen LogP contribution in [-0.2, 0) is 35.5 Å². The number of esters is 1. The summed E-state index contributed by atoms with van der Waals surface area (Å²) in [5.41, 5.74) is 1.43. The molecule has 35 heavy (non-hydrogen) atoms. The van der Waals surface area contributed by atoms with Gasteiger partial charge in [0, 0.05) is 11.5 Å². The van der Waals surface area contributed by atoms with Crippen molar-refractivity contribution in [2.45, 2.75) is 26.5 Å². The van der Waals surface area contributed by atoms with Gasteiger partial charge in [0.25, 0.3) is 0 Å². The largest absolute Gasteiger partial charge is 0.488 e. The van der Waals surface area contributed by atoms with Gasteiger partial charge in [0.15, 0.2) is 0 Å². The number of hydrogen-bond acceptors (Lipinski definition) is 8. The third kappa shape index (κ3) is 5.29. The van der Waals surface area contributed by atoms with E-state index >= 15 is 0 Å². The molecular formula is C25H28INO8. The van der Waals surface area contributed by atoms with Crippen LogP contribution in [0, 0.1) is 21.3 Å². The van der Waals surface area contributed by atoms with Gasteiger partial charge in [-0.1, -0.05) is 44.7 Å². The first-order valence-electron chi connectivity index (χ1n) is 11.1. The average molecular weight is 597 g/mol. The van der Waals surface area contributed by atoms with Crippen LogP contribution >= 0.6 is 22.6 Å². The van der Waals surface area contributed by atoms with Gasteiger partial charge in [0.05, 0.1) is 28.1 Å². The summed E-state index contributed by atoms with van der Waals surface area (Å²) >= 11 is 2.09. The van der Waals surface area contributed by atoms with Gasteiger partial charge in [-0.15, -0.1) is 6.58 Å². The number of carbonyl (C=O) groups excluding carboxylic acids is 3. The van der Waals surface area contributed by atoms with E-state index < -0.39 is 29.8 Å². The number of fused-ring (bicyclic) bond motifs is 1. The molecule has 0 bridgehead atoms. The van der Waals surface area contributed by atoms with Crippen LogP contribution in [0.3, 0.4) is 0 Å². The Morgan fingerprint density at radius 1 is 1.26 bits per heavy atom. The molecule has 188 valence electrons. The molecule has 1 saturated heterocycles. The van der Waals surface area contributed by atoms with Crippen LogP contribution in [0.1, 0.15) is 19.4 Å². The van der Waals surface area contributed by atoms with Crippen LogP contribution in [-0.4, -0.2) is 53.7 Å². The van der Waals surface area contributed by atoms with E-state index in [2.05, 4.69) is 35.7 Å². The zero-order valence-electron chi connectivity index (χ0n) is 19.6.